The van der Waals surface area contributed by atoms with Gasteiger partial charge in [-0.15, -0.1) is 0 Å². The number of rotatable bonds is 4. The quantitative estimate of drug-likeness (QED) is 0.452. The molecule has 2 rings (SSSR count). The first-order valence-electron chi connectivity index (χ1n) is 12.2. The van der Waals surface area contributed by atoms with Crippen molar-refractivity contribution >= 4 is 11.9 Å². The summed E-state index contributed by atoms with van der Waals surface area (Å²) in [4.78, 5) is 23.3. The van der Waals surface area contributed by atoms with Crippen LogP contribution in [-0.2, 0) is 19.1 Å². The fourth-order valence-corrected chi connectivity index (χ4v) is 4.59. The first kappa shape index (κ1) is 27.0. The Morgan fingerprint density at radius 1 is 0.633 bits per heavy atom. The molecule has 2 aliphatic carbocycles. The van der Waals surface area contributed by atoms with Gasteiger partial charge in [-0.1, -0.05) is 52.4 Å². The summed E-state index contributed by atoms with van der Waals surface area (Å²) in [6, 6.07) is 0. The van der Waals surface area contributed by atoms with E-state index in [2.05, 4.69) is 13.8 Å². The summed E-state index contributed by atoms with van der Waals surface area (Å²) in [5, 5.41) is 0. The van der Waals surface area contributed by atoms with Crippen molar-refractivity contribution in [3.8, 4) is 0 Å². The number of hydrogen-bond acceptors (Lipinski definition) is 4. The Hall–Kier alpha value is -1.06. The molecule has 0 unspecified atom stereocenters. The SMILES string of the molecule is C[C@@H]1CCCC[C@H]1CC(=O)OC(C)(C)C.C[C@H]1CCCC[C@@H]1CC(=O)OC(C)(C)C. The first-order chi connectivity index (χ1) is 13.8. The normalized spacial score (nSPS) is 27.5. The zero-order valence-corrected chi connectivity index (χ0v) is 21.0. The minimum atomic E-state index is -0.338. The van der Waals surface area contributed by atoms with E-state index in [-0.39, 0.29) is 23.1 Å². The second-order valence-electron chi connectivity index (χ2n) is 11.6. The highest BCUT2D eigenvalue weighted by Crippen LogP contribution is 2.33. The third kappa shape index (κ3) is 12.0. The number of hydrogen-bond donors (Lipinski definition) is 0. The highest BCUT2D eigenvalue weighted by molar-refractivity contribution is 5.70. The topological polar surface area (TPSA) is 52.6 Å². The van der Waals surface area contributed by atoms with Gasteiger partial charge in [-0.2, -0.15) is 0 Å². The second kappa shape index (κ2) is 12.1. The highest BCUT2D eigenvalue weighted by Gasteiger charge is 2.27. The van der Waals surface area contributed by atoms with E-state index in [4.69, 9.17) is 9.47 Å². The Bertz CT molecular complexity index is 478. The molecule has 30 heavy (non-hydrogen) atoms. The van der Waals surface area contributed by atoms with Gasteiger partial charge in [0.15, 0.2) is 0 Å². The largest absolute Gasteiger partial charge is 0.460 e. The van der Waals surface area contributed by atoms with E-state index < -0.39 is 0 Å². The molecule has 0 aromatic heterocycles. The van der Waals surface area contributed by atoms with Crippen molar-refractivity contribution in [2.24, 2.45) is 23.7 Å². The third-order valence-electron chi connectivity index (χ3n) is 6.28. The van der Waals surface area contributed by atoms with E-state index in [9.17, 15) is 9.59 Å². The summed E-state index contributed by atoms with van der Waals surface area (Å²) in [5.74, 6) is 2.42. The molecule has 0 aromatic carbocycles. The summed E-state index contributed by atoms with van der Waals surface area (Å²) in [6.07, 6.45) is 11.4. The predicted molar refractivity (Wildman–Crippen MR) is 123 cm³/mol. The van der Waals surface area contributed by atoms with Crippen LogP contribution in [0.5, 0.6) is 0 Å². The Labute approximate surface area is 185 Å². The van der Waals surface area contributed by atoms with Crippen LogP contribution in [0, 0.1) is 23.7 Å². The maximum Gasteiger partial charge on any atom is 0.306 e. The molecule has 0 spiro atoms. The lowest BCUT2D eigenvalue weighted by Crippen LogP contribution is -2.27. The van der Waals surface area contributed by atoms with Crippen molar-refractivity contribution < 1.29 is 19.1 Å². The van der Waals surface area contributed by atoms with Crippen molar-refractivity contribution in [2.75, 3.05) is 0 Å². The smallest absolute Gasteiger partial charge is 0.306 e. The molecule has 0 radical (unpaired) electrons. The van der Waals surface area contributed by atoms with E-state index in [0.717, 1.165) is 0 Å². The summed E-state index contributed by atoms with van der Waals surface area (Å²) in [5.41, 5.74) is -0.677. The van der Waals surface area contributed by atoms with E-state index in [1.165, 1.54) is 51.4 Å². The van der Waals surface area contributed by atoms with Gasteiger partial charge in [-0.25, -0.2) is 0 Å². The monoisotopic (exact) mass is 424 g/mol. The number of carbonyl (C=O) groups is 2. The molecule has 4 nitrogen and oxygen atoms in total. The average molecular weight is 425 g/mol. The van der Waals surface area contributed by atoms with Gasteiger partial charge < -0.3 is 9.47 Å². The standard InChI is InChI=1S/2C13H24O2/c2*1-10-7-5-6-8-11(10)9-12(14)15-13(2,3)4/h2*10-11H,5-9H2,1-4H3/t2*10-,11+/m10/s1. The Balaban J connectivity index is 0.000000300. The van der Waals surface area contributed by atoms with Crippen molar-refractivity contribution in [3.63, 3.8) is 0 Å². The molecule has 0 bridgehead atoms. The molecule has 2 fully saturated rings. The predicted octanol–water partition coefficient (Wildman–Crippen LogP) is 7.09. The minimum Gasteiger partial charge on any atom is -0.460 e. The molecule has 2 aliphatic rings. The molecule has 0 amide bonds. The zero-order valence-electron chi connectivity index (χ0n) is 21.0. The van der Waals surface area contributed by atoms with Gasteiger partial charge >= 0.3 is 11.9 Å². The van der Waals surface area contributed by atoms with Gasteiger partial charge in [-0.05, 0) is 78.1 Å². The van der Waals surface area contributed by atoms with Gasteiger partial charge in [0.1, 0.15) is 11.2 Å². The Morgan fingerprint density at radius 2 is 0.933 bits per heavy atom. The zero-order chi connectivity index (χ0) is 22.9. The maximum absolute atomic E-state index is 11.7. The molecular weight excluding hydrogens is 376 g/mol. The number of ether oxygens (including phenoxy) is 2. The molecule has 0 aromatic rings. The van der Waals surface area contributed by atoms with Crippen molar-refractivity contribution in [1.29, 1.82) is 0 Å². The molecule has 0 aliphatic heterocycles. The lowest BCUT2D eigenvalue weighted by Gasteiger charge is -2.29. The summed E-state index contributed by atoms with van der Waals surface area (Å²) in [6.45, 7) is 16.1. The minimum absolute atomic E-state index is 0.0266. The highest BCUT2D eigenvalue weighted by atomic mass is 16.6. The first-order valence-corrected chi connectivity index (χ1v) is 12.2. The van der Waals surface area contributed by atoms with E-state index in [1.807, 2.05) is 41.5 Å². The van der Waals surface area contributed by atoms with Gasteiger partial charge in [0.25, 0.3) is 0 Å². The second-order valence-corrected chi connectivity index (χ2v) is 11.6. The van der Waals surface area contributed by atoms with Crippen molar-refractivity contribution in [2.45, 2.75) is 131 Å². The summed E-state index contributed by atoms with van der Waals surface area (Å²) < 4.78 is 10.7. The maximum atomic E-state index is 11.7. The molecular formula is C26H48O4. The molecule has 0 heterocycles. The van der Waals surface area contributed by atoms with E-state index in [0.29, 0.717) is 36.5 Å². The van der Waals surface area contributed by atoms with Crippen LogP contribution in [0.4, 0.5) is 0 Å². The summed E-state index contributed by atoms with van der Waals surface area (Å²) in [7, 11) is 0. The van der Waals surface area contributed by atoms with E-state index in [1.54, 1.807) is 0 Å². The van der Waals surface area contributed by atoms with Gasteiger partial charge in [0.2, 0.25) is 0 Å². The lowest BCUT2D eigenvalue weighted by molar-refractivity contribution is -0.157. The van der Waals surface area contributed by atoms with Crippen LogP contribution in [-0.4, -0.2) is 23.1 Å². The fraction of sp³-hybridized carbons (Fsp3) is 0.923. The van der Waals surface area contributed by atoms with Crippen LogP contribution in [0.15, 0.2) is 0 Å². The average Bonchev–Trinajstić information content (AvgIpc) is 2.56. The van der Waals surface area contributed by atoms with Crippen LogP contribution >= 0.6 is 0 Å². The van der Waals surface area contributed by atoms with Crippen molar-refractivity contribution in [3.05, 3.63) is 0 Å². The Kier molecular flexibility index (Phi) is 10.9. The van der Waals surface area contributed by atoms with Crippen LogP contribution in [0.2, 0.25) is 0 Å². The molecule has 0 saturated heterocycles. The van der Waals surface area contributed by atoms with Crippen LogP contribution in [0.1, 0.15) is 120 Å². The van der Waals surface area contributed by atoms with Crippen LogP contribution in [0.25, 0.3) is 0 Å². The fourth-order valence-electron chi connectivity index (χ4n) is 4.59. The molecule has 0 N–H and O–H groups in total. The number of carbonyl (C=O) groups excluding carboxylic acids is 2. The number of esters is 2. The van der Waals surface area contributed by atoms with Crippen LogP contribution in [0.3, 0.4) is 0 Å². The lowest BCUT2D eigenvalue weighted by atomic mass is 9.79. The molecule has 4 heteroatoms. The molecule has 176 valence electrons. The summed E-state index contributed by atoms with van der Waals surface area (Å²) >= 11 is 0. The Morgan fingerprint density at radius 3 is 1.20 bits per heavy atom. The molecule has 2 saturated carbocycles. The van der Waals surface area contributed by atoms with Gasteiger partial charge in [0.05, 0.1) is 0 Å². The van der Waals surface area contributed by atoms with Crippen LogP contribution < -0.4 is 0 Å². The van der Waals surface area contributed by atoms with Crippen molar-refractivity contribution in [1.82, 2.24) is 0 Å². The van der Waals surface area contributed by atoms with Gasteiger partial charge in [0, 0.05) is 12.8 Å². The van der Waals surface area contributed by atoms with Gasteiger partial charge in [-0.3, -0.25) is 9.59 Å². The molecule has 4 atom stereocenters. The van der Waals surface area contributed by atoms with E-state index >= 15 is 0 Å². The third-order valence-corrected chi connectivity index (χ3v) is 6.28.